The Morgan fingerprint density at radius 3 is 2.69 bits per heavy atom. The van der Waals surface area contributed by atoms with Gasteiger partial charge in [0.15, 0.2) is 11.6 Å². The molecule has 0 aliphatic carbocycles. The Bertz CT molecular complexity index is 400. The molecule has 0 saturated carbocycles. The van der Waals surface area contributed by atoms with Crippen molar-refractivity contribution in [3.63, 3.8) is 0 Å². The van der Waals surface area contributed by atoms with Crippen LogP contribution in [0, 0.1) is 11.2 Å². The molecule has 1 heterocycles. The first-order valence-corrected chi connectivity index (χ1v) is 5.40. The van der Waals surface area contributed by atoms with Gasteiger partial charge in [-0.05, 0) is 31.0 Å². The molecule has 1 aliphatic rings. The van der Waals surface area contributed by atoms with Crippen molar-refractivity contribution in [3.05, 3.63) is 29.6 Å². The third-order valence-electron chi connectivity index (χ3n) is 2.85. The van der Waals surface area contributed by atoms with E-state index in [9.17, 15) is 4.39 Å². The van der Waals surface area contributed by atoms with E-state index in [2.05, 4.69) is 0 Å². The number of hydrogen-bond donors (Lipinski definition) is 1. The van der Waals surface area contributed by atoms with Crippen molar-refractivity contribution in [3.8, 4) is 5.75 Å². The average molecular weight is 222 g/mol. The number of likely N-dealkylation sites (tertiary alicyclic amines) is 1. The van der Waals surface area contributed by atoms with Gasteiger partial charge in [0.05, 0.1) is 7.11 Å². The third-order valence-corrected chi connectivity index (χ3v) is 2.85. The number of nitrogens with zero attached hydrogens (tertiary/aromatic N) is 1. The molecule has 1 aliphatic heterocycles. The van der Waals surface area contributed by atoms with Crippen molar-refractivity contribution in [2.45, 2.75) is 12.8 Å². The van der Waals surface area contributed by atoms with Gasteiger partial charge in [0, 0.05) is 18.7 Å². The maximum Gasteiger partial charge on any atom is 0.165 e. The third kappa shape index (κ3) is 2.01. The highest BCUT2D eigenvalue weighted by atomic mass is 19.1. The largest absolute Gasteiger partial charge is 0.494 e. The summed E-state index contributed by atoms with van der Waals surface area (Å²) >= 11 is 0. The van der Waals surface area contributed by atoms with Gasteiger partial charge < -0.3 is 9.64 Å². The Balaban J connectivity index is 2.22. The summed E-state index contributed by atoms with van der Waals surface area (Å²) in [7, 11) is 1.43. The summed E-state index contributed by atoms with van der Waals surface area (Å²) in [6.07, 6.45) is 2.25. The SMILES string of the molecule is COc1cc(C(=N)N2CCCC2)ccc1F. The fourth-order valence-corrected chi connectivity index (χ4v) is 1.93. The maximum atomic E-state index is 13.2. The van der Waals surface area contributed by atoms with Crippen LogP contribution in [-0.4, -0.2) is 30.9 Å². The molecule has 0 bridgehead atoms. The normalized spacial score (nSPS) is 15.2. The lowest BCUT2D eigenvalue weighted by atomic mass is 10.1. The Morgan fingerprint density at radius 1 is 1.38 bits per heavy atom. The van der Waals surface area contributed by atoms with Gasteiger partial charge in [-0.1, -0.05) is 0 Å². The van der Waals surface area contributed by atoms with E-state index < -0.39 is 0 Å². The predicted octanol–water partition coefficient (Wildman–Crippen LogP) is 2.26. The Kier molecular flexibility index (Phi) is 3.08. The maximum absolute atomic E-state index is 13.2. The van der Waals surface area contributed by atoms with Gasteiger partial charge in [-0.25, -0.2) is 4.39 Å². The van der Waals surface area contributed by atoms with E-state index in [0.29, 0.717) is 11.4 Å². The van der Waals surface area contributed by atoms with Crippen LogP contribution in [0.4, 0.5) is 4.39 Å². The standard InChI is InChI=1S/C12H15FN2O/c1-16-11-8-9(4-5-10(11)13)12(14)15-6-2-3-7-15/h4-5,8,14H,2-3,6-7H2,1H3. The number of methoxy groups -OCH3 is 1. The molecule has 1 saturated heterocycles. The Labute approximate surface area is 94.3 Å². The van der Waals surface area contributed by atoms with Crippen molar-refractivity contribution < 1.29 is 9.13 Å². The number of halogens is 1. The second-order valence-electron chi connectivity index (χ2n) is 3.89. The molecule has 1 aromatic carbocycles. The van der Waals surface area contributed by atoms with Gasteiger partial charge in [0.25, 0.3) is 0 Å². The van der Waals surface area contributed by atoms with Crippen molar-refractivity contribution in [2.75, 3.05) is 20.2 Å². The van der Waals surface area contributed by atoms with Crippen LogP contribution in [0.15, 0.2) is 18.2 Å². The molecule has 1 fully saturated rings. The second kappa shape index (κ2) is 4.51. The van der Waals surface area contributed by atoms with Gasteiger partial charge in [-0.15, -0.1) is 0 Å². The Hall–Kier alpha value is -1.58. The van der Waals surface area contributed by atoms with Crippen LogP contribution < -0.4 is 4.74 Å². The molecule has 0 aromatic heterocycles. The number of rotatable bonds is 2. The van der Waals surface area contributed by atoms with E-state index in [4.69, 9.17) is 10.1 Å². The molecule has 1 aromatic rings. The fraction of sp³-hybridized carbons (Fsp3) is 0.417. The number of ether oxygens (including phenoxy) is 1. The van der Waals surface area contributed by atoms with Crippen LogP contribution in [0.5, 0.6) is 5.75 Å². The number of amidine groups is 1. The molecule has 86 valence electrons. The second-order valence-corrected chi connectivity index (χ2v) is 3.89. The van der Waals surface area contributed by atoms with E-state index in [-0.39, 0.29) is 11.6 Å². The molecule has 0 spiro atoms. The predicted molar refractivity (Wildman–Crippen MR) is 60.6 cm³/mol. The monoisotopic (exact) mass is 222 g/mol. The molecule has 0 atom stereocenters. The average Bonchev–Trinajstić information content (AvgIpc) is 2.82. The van der Waals surface area contributed by atoms with Gasteiger partial charge in [0.1, 0.15) is 5.84 Å². The minimum absolute atomic E-state index is 0.196. The summed E-state index contributed by atoms with van der Waals surface area (Å²) in [5.41, 5.74) is 0.708. The summed E-state index contributed by atoms with van der Waals surface area (Å²) < 4.78 is 18.1. The zero-order valence-corrected chi connectivity index (χ0v) is 9.29. The topological polar surface area (TPSA) is 36.3 Å². The lowest BCUT2D eigenvalue weighted by Crippen LogP contribution is -2.27. The van der Waals surface area contributed by atoms with E-state index in [1.165, 1.54) is 13.2 Å². The molecule has 3 nitrogen and oxygen atoms in total. The highest BCUT2D eigenvalue weighted by molar-refractivity contribution is 5.96. The van der Waals surface area contributed by atoms with Gasteiger partial charge in [-0.3, -0.25) is 5.41 Å². The van der Waals surface area contributed by atoms with E-state index >= 15 is 0 Å². The number of benzene rings is 1. The highest BCUT2D eigenvalue weighted by Gasteiger charge is 2.17. The molecule has 0 amide bonds. The van der Waals surface area contributed by atoms with Crippen LogP contribution in [-0.2, 0) is 0 Å². The zero-order chi connectivity index (χ0) is 11.5. The van der Waals surface area contributed by atoms with Crippen molar-refractivity contribution in [2.24, 2.45) is 0 Å². The number of nitrogens with one attached hydrogen (secondary N) is 1. The molecule has 1 N–H and O–H groups in total. The molecule has 0 unspecified atom stereocenters. The lowest BCUT2D eigenvalue weighted by Gasteiger charge is -2.18. The first-order valence-electron chi connectivity index (χ1n) is 5.40. The summed E-state index contributed by atoms with van der Waals surface area (Å²) in [4.78, 5) is 2.01. The smallest absolute Gasteiger partial charge is 0.165 e. The molecule has 16 heavy (non-hydrogen) atoms. The Morgan fingerprint density at radius 2 is 2.06 bits per heavy atom. The fourth-order valence-electron chi connectivity index (χ4n) is 1.93. The quantitative estimate of drug-likeness (QED) is 0.615. The first kappa shape index (κ1) is 10.9. The zero-order valence-electron chi connectivity index (χ0n) is 9.29. The van der Waals surface area contributed by atoms with Gasteiger partial charge >= 0.3 is 0 Å². The minimum Gasteiger partial charge on any atom is -0.494 e. The van der Waals surface area contributed by atoms with Gasteiger partial charge in [0.2, 0.25) is 0 Å². The molecule has 4 heteroatoms. The molecule has 2 rings (SSSR count). The minimum atomic E-state index is -0.388. The first-order chi connectivity index (χ1) is 7.72. The van der Waals surface area contributed by atoms with Crippen molar-refractivity contribution in [1.29, 1.82) is 5.41 Å². The van der Waals surface area contributed by atoms with Crippen molar-refractivity contribution >= 4 is 5.84 Å². The van der Waals surface area contributed by atoms with Gasteiger partial charge in [-0.2, -0.15) is 0 Å². The van der Waals surface area contributed by atoms with E-state index in [1.807, 2.05) is 4.90 Å². The summed E-state index contributed by atoms with van der Waals surface area (Å²) in [5, 5.41) is 8.02. The van der Waals surface area contributed by atoms with Crippen LogP contribution in [0.2, 0.25) is 0 Å². The van der Waals surface area contributed by atoms with Crippen LogP contribution >= 0.6 is 0 Å². The summed E-state index contributed by atoms with van der Waals surface area (Å²) in [5.74, 6) is 0.262. The van der Waals surface area contributed by atoms with Crippen LogP contribution in [0.3, 0.4) is 0 Å². The molecular formula is C12H15FN2O. The molecular weight excluding hydrogens is 207 g/mol. The van der Waals surface area contributed by atoms with E-state index in [1.54, 1.807) is 12.1 Å². The summed E-state index contributed by atoms with van der Waals surface area (Å²) in [6.45, 7) is 1.83. The van der Waals surface area contributed by atoms with Crippen LogP contribution in [0.25, 0.3) is 0 Å². The summed E-state index contributed by atoms with van der Waals surface area (Å²) in [6, 6.07) is 4.55. The van der Waals surface area contributed by atoms with Crippen molar-refractivity contribution in [1.82, 2.24) is 4.90 Å². The van der Waals surface area contributed by atoms with Crippen LogP contribution in [0.1, 0.15) is 18.4 Å². The highest BCUT2D eigenvalue weighted by Crippen LogP contribution is 2.20. The lowest BCUT2D eigenvalue weighted by molar-refractivity contribution is 0.386. The molecule has 0 radical (unpaired) electrons. The van der Waals surface area contributed by atoms with E-state index in [0.717, 1.165) is 25.9 Å². The number of hydrogen-bond acceptors (Lipinski definition) is 2.